The van der Waals surface area contributed by atoms with Crippen molar-refractivity contribution in [3.63, 3.8) is 0 Å². The zero-order chi connectivity index (χ0) is 11.1. The van der Waals surface area contributed by atoms with Crippen LogP contribution in [0.3, 0.4) is 0 Å². The monoisotopic (exact) mass is 200 g/mol. The lowest BCUT2D eigenvalue weighted by molar-refractivity contribution is 0.137. The van der Waals surface area contributed by atoms with Gasteiger partial charge in [-0.05, 0) is 24.1 Å². The molecule has 0 atom stereocenters. The highest BCUT2D eigenvalue weighted by atomic mass is 16.6. The summed E-state index contributed by atoms with van der Waals surface area (Å²) in [5.74, 6) is -0.100. The molecular formula is C9H12O5. The minimum atomic E-state index is -1.83. The van der Waals surface area contributed by atoms with Crippen molar-refractivity contribution in [1.29, 1.82) is 0 Å². The molecule has 14 heavy (non-hydrogen) atoms. The van der Waals surface area contributed by atoms with Crippen LogP contribution in [-0.4, -0.2) is 26.6 Å². The summed E-state index contributed by atoms with van der Waals surface area (Å²) in [4.78, 5) is 8.56. The van der Waals surface area contributed by atoms with Gasteiger partial charge in [-0.15, -0.1) is 0 Å². The molecule has 0 radical (unpaired) electrons. The lowest BCUT2D eigenvalue weighted by Crippen LogP contribution is -1.81. The second-order valence-electron chi connectivity index (χ2n) is 2.46. The fourth-order valence-corrected chi connectivity index (χ4v) is 0.789. The fraction of sp³-hybridized carbons (Fsp3) is 0.222. The van der Waals surface area contributed by atoms with E-state index in [-0.39, 0.29) is 11.5 Å². The third-order valence-electron chi connectivity index (χ3n) is 1.45. The smallest absolute Gasteiger partial charge is 0.503 e. The first kappa shape index (κ1) is 12.1. The first-order valence-corrected chi connectivity index (χ1v) is 3.90. The highest BCUT2D eigenvalue weighted by molar-refractivity contribution is 5.53. The first-order valence-electron chi connectivity index (χ1n) is 3.90. The Bertz CT molecular complexity index is 304. The largest absolute Gasteiger partial charge is 0.504 e. The van der Waals surface area contributed by atoms with Crippen LogP contribution in [0, 0.1) is 0 Å². The van der Waals surface area contributed by atoms with Crippen LogP contribution in [0.2, 0.25) is 0 Å². The number of aryl methyl sites for hydroxylation is 1. The second kappa shape index (κ2) is 5.69. The van der Waals surface area contributed by atoms with E-state index in [4.69, 9.17) is 25.2 Å². The lowest BCUT2D eigenvalue weighted by atomic mass is 10.1. The number of phenols is 2. The van der Waals surface area contributed by atoms with Crippen LogP contribution in [0.4, 0.5) is 4.79 Å². The third-order valence-corrected chi connectivity index (χ3v) is 1.45. The van der Waals surface area contributed by atoms with Crippen molar-refractivity contribution >= 4 is 6.16 Å². The Morgan fingerprint density at radius 1 is 1.21 bits per heavy atom. The summed E-state index contributed by atoms with van der Waals surface area (Å²) in [5.41, 5.74) is 1.02. The van der Waals surface area contributed by atoms with Crippen molar-refractivity contribution in [3.05, 3.63) is 23.8 Å². The van der Waals surface area contributed by atoms with Gasteiger partial charge in [0.1, 0.15) is 0 Å². The molecule has 0 amide bonds. The Hall–Kier alpha value is -1.91. The van der Waals surface area contributed by atoms with Crippen molar-refractivity contribution in [3.8, 4) is 11.5 Å². The standard InChI is InChI=1S/C8H10O2.CH2O3/c1-2-6-3-4-7(9)8(10)5-6;2-1(3)4/h3-5,9-10H,2H2,1H3;(H2,2,3,4). The van der Waals surface area contributed by atoms with Gasteiger partial charge in [-0.1, -0.05) is 13.0 Å². The van der Waals surface area contributed by atoms with E-state index in [1.165, 1.54) is 6.07 Å². The van der Waals surface area contributed by atoms with Gasteiger partial charge in [-0.25, -0.2) is 4.79 Å². The predicted octanol–water partition coefficient (Wildman–Crippen LogP) is 1.88. The van der Waals surface area contributed by atoms with Crippen LogP contribution in [0.5, 0.6) is 11.5 Å². The molecule has 0 aliphatic carbocycles. The van der Waals surface area contributed by atoms with Gasteiger partial charge >= 0.3 is 6.16 Å². The van der Waals surface area contributed by atoms with E-state index >= 15 is 0 Å². The van der Waals surface area contributed by atoms with E-state index in [9.17, 15) is 0 Å². The molecule has 0 bridgehead atoms. The molecule has 1 aromatic rings. The average Bonchev–Trinajstić information content (AvgIpc) is 2.09. The average molecular weight is 200 g/mol. The molecule has 0 saturated carbocycles. The maximum Gasteiger partial charge on any atom is 0.503 e. The second-order valence-corrected chi connectivity index (χ2v) is 2.46. The molecule has 0 aliphatic heterocycles. The number of phenolic OH excluding ortho intramolecular Hbond substituents is 2. The van der Waals surface area contributed by atoms with Gasteiger partial charge in [-0.2, -0.15) is 0 Å². The first-order chi connectivity index (χ1) is 6.47. The highest BCUT2D eigenvalue weighted by Gasteiger charge is 1.97. The normalized spacial score (nSPS) is 8.64. The maximum atomic E-state index is 8.98. The topological polar surface area (TPSA) is 98.0 Å². The maximum absolute atomic E-state index is 8.98. The number of carbonyl (C=O) groups is 1. The number of hydrogen-bond donors (Lipinski definition) is 4. The van der Waals surface area contributed by atoms with Crippen molar-refractivity contribution in [1.82, 2.24) is 0 Å². The molecule has 5 heteroatoms. The number of benzene rings is 1. The summed E-state index contributed by atoms with van der Waals surface area (Å²) in [6, 6.07) is 4.85. The van der Waals surface area contributed by atoms with Gasteiger partial charge in [0.25, 0.3) is 0 Å². The third kappa shape index (κ3) is 4.87. The van der Waals surface area contributed by atoms with E-state index in [1.807, 2.05) is 6.92 Å². The molecule has 0 fully saturated rings. The Labute approximate surface area is 80.9 Å². The summed E-state index contributed by atoms with van der Waals surface area (Å²) in [6.45, 7) is 1.99. The molecule has 5 nitrogen and oxygen atoms in total. The summed E-state index contributed by atoms with van der Waals surface area (Å²) in [7, 11) is 0. The molecule has 0 aromatic heterocycles. The Morgan fingerprint density at radius 3 is 2.07 bits per heavy atom. The minimum Gasteiger partial charge on any atom is -0.504 e. The zero-order valence-corrected chi connectivity index (χ0v) is 7.64. The molecule has 1 aromatic carbocycles. The summed E-state index contributed by atoms with van der Waals surface area (Å²) >= 11 is 0. The van der Waals surface area contributed by atoms with Gasteiger partial charge in [0.15, 0.2) is 11.5 Å². The number of rotatable bonds is 1. The van der Waals surface area contributed by atoms with Gasteiger partial charge in [0.05, 0.1) is 0 Å². The number of carboxylic acid groups (broad SMARTS) is 2. The van der Waals surface area contributed by atoms with Crippen molar-refractivity contribution in [2.45, 2.75) is 13.3 Å². The van der Waals surface area contributed by atoms with Crippen LogP contribution in [0.25, 0.3) is 0 Å². The van der Waals surface area contributed by atoms with Crippen LogP contribution in [-0.2, 0) is 6.42 Å². The molecule has 78 valence electrons. The summed E-state index contributed by atoms with van der Waals surface area (Å²) in [5, 5.41) is 31.8. The minimum absolute atomic E-state index is 0.0423. The Morgan fingerprint density at radius 2 is 1.71 bits per heavy atom. The summed E-state index contributed by atoms with van der Waals surface area (Å²) < 4.78 is 0. The quantitative estimate of drug-likeness (QED) is 0.519. The molecule has 4 N–H and O–H groups in total. The molecule has 0 heterocycles. The van der Waals surface area contributed by atoms with Crippen LogP contribution in [0.15, 0.2) is 18.2 Å². The van der Waals surface area contributed by atoms with E-state index in [0.29, 0.717) is 0 Å². The van der Waals surface area contributed by atoms with E-state index in [0.717, 1.165) is 12.0 Å². The van der Waals surface area contributed by atoms with Crippen molar-refractivity contribution in [2.24, 2.45) is 0 Å². The predicted molar refractivity (Wildman–Crippen MR) is 49.8 cm³/mol. The van der Waals surface area contributed by atoms with Gasteiger partial charge < -0.3 is 20.4 Å². The summed E-state index contributed by atoms with van der Waals surface area (Å²) in [6.07, 6.45) is -0.964. The van der Waals surface area contributed by atoms with Crippen molar-refractivity contribution < 1.29 is 25.2 Å². The van der Waals surface area contributed by atoms with Crippen LogP contribution >= 0.6 is 0 Å². The van der Waals surface area contributed by atoms with E-state index in [1.54, 1.807) is 12.1 Å². The van der Waals surface area contributed by atoms with Gasteiger partial charge in [-0.3, -0.25) is 0 Å². The highest BCUT2D eigenvalue weighted by Crippen LogP contribution is 2.24. The number of aromatic hydroxyl groups is 2. The molecule has 0 aliphatic rings. The van der Waals surface area contributed by atoms with Crippen molar-refractivity contribution in [2.75, 3.05) is 0 Å². The molecule has 0 unspecified atom stereocenters. The van der Waals surface area contributed by atoms with Gasteiger partial charge in [0.2, 0.25) is 0 Å². The number of hydrogen-bond acceptors (Lipinski definition) is 3. The molecule has 0 saturated heterocycles. The Kier molecular flexibility index (Phi) is 4.91. The molecule has 1 rings (SSSR count). The van der Waals surface area contributed by atoms with Gasteiger partial charge in [0, 0.05) is 0 Å². The van der Waals surface area contributed by atoms with E-state index in [2.05, 4.69) is 0 Å². The lowest BCUT2D eigenvalue weighted by Gasteiger charge is -1.98. The van der Waals surface area contributed by atoms with Crippen LogP contribution < -0.4 is 0 Å². The molecule has 0 spiro atoms. The zero-order valence-electron chi connectivity index (χ0n) is 7.64. The van der Waals surface area contributed by atoms with E-state index < -0.39 is 6.16 Å². The molecular weight excluding hydrogens is 188 g/mol. The fourth-order valence-electron chi connectivity index (χ4n) is 0.789. The van der Waals surface area contributed by atoms with Crippen LogP contribution in [0.1, 0.15) is 12.5 Å². The SMILES string of the molecule is CCc1ccc(O)c(O)c1.O=C(O)O. The Balaban J connectivity index is 0.000000364.